The lowest BCUT2D eigenvalue weighted by Crippen LogP contribution is -2.17. The van der Waals surface area contributed by atoms with E-state index in [-0.39, 0.29) is 0 Å². The third-order valence-electron chi connectivity index (χ3n) is 2.19. The lowest BCUT2D eigenvalue weighted by Gasteiger charge is -1.96. The minimum atomic E-state index is 0.635. The second-order valence-corrected chi connectivity index (χ2v) is 3.42. The summed E-state index contributed by atoms with van der Waals surface area (Å²) in [6, 6.07) is 0.664. The number of hydrogen-bond acceptors (Lipinski definition) is 4. The van der Waals surface area contributed by atoms with Crippen LogP contribution in [0.5, 0.6) is 0 Å². The zero-order valence-electron chi connectivity index (χ0n) is 7.37. The molecule has 12 heavy (non-hydrogen) atoms. The third-order valence-corrected chi connectivity index (χ3v) is 2.19. The normalized spacial score (nSPS) is 27.5. The van der Waals surface area contributed by atoms with E-state index >= 15 is 0 Å². The molecule has 1 aromatic rings. The monoisotopic (exact) mass is 167 g/mol. The van der Waals surface area contributed by atoms with Gasteiger partial charge in [-0.2, -0.15) is 0 Å². The lowest BCUT2D eigenvalue weighted by molar-refractivity contribution is 0.443. The van der Waals surface area contributed by atoms with Crippen molar-refractivity contribution in [1.29, 1.82) is 0 Å². The molecule has 1 fully saturated rings. The zero-order valence-corrected chi connectivity index (χ0v) is 7.37. The number of aromatic nitrogens is 2. The maximum atomic E-state index is 5.21. The quantitative estimate of drug-likeness (QED) is 0.726. The first-order valence-corrected chi connectivity index (χ1v) is 4.28. The van der Waals surface area contributed by atoms with Gasteiger partial charge < -0.3 is 9.73 Å². The van der Waals surface area contributed by atoms with Gasteiger partial charge in [0, 0.05) is 13.0 Å². The summed E-state index contributed by atoms with van der Waals surface area (Å²) < 4.78 is 5.21. The van der Waals surface area contributed by atoms with E-state index in [4.69, 9.17) is 4.42 Å². The van der Waals surface area contributed by atoms with Gasteiger partial charge in [0.1, 0.15) is 0 Å². The Bertz CT molecular complexity index is 271. The van der Waals surface area contributed by atoms with Crippen LogP contribution in [0.4, 0.5) is 0 Å². The topological polar surface area (TPSA) is 51.0 Å². The molecule has 4 nitrogen and oxygen atoms in total. The fourth-order valence-electron chi connectivity index (χ4n) is 1.23. The fraction of sp³-hybridized carbons (Fsp3) is 0.750. The van der Waals surface area contributed by atoms with Crippen molar-refractivity contribution in [3.8, 4) is 0 Å². The van der Waals surface area contributed by atoms with E-state index < -0.39 is 0 Å². The molecule has 0 radical (unpaired) electrons. The zero-order chi connectivity index (χ0) is 8.55. The van der Waals surface area contributed by atoms with Crippen LogP contribution in [0.1, 0.15) is 25.1 Å². The number of nitrogens with one attached hydrogen (secondary N) is 1. The number of hydrogen-bond donors (Lipinski definition) is 1. The van der Waals surface area contributed by atoms with Gasteiger partial charge in [-0.15, -0.1) is 10.2 Å². The fourth-order valence-corrected chi connectivity index (χ4v) is 1.23. The maximum Gasteiger partial charge on any atom is 0.230 e. The number of rotatable bonds is 3. The van der Waals surface area contributed by atoms with Gasteiger partial charge in [-0.25, -0.2) is 0 Å². The van der Waals surface area contributed by atoms with Gasteiger partial charge in [0.15, 0.2) is 0 Å². The second-order valence-electron chi connectivity index (χ2n) is 3.42. The van der Waals surface area contributed by atoms with E-state index in [0.717, 1.165) is 5.92 Å². The summed E-state index contributed by atoms with van der Waals surface area (Å²) in [5.74, 6) is 2.14. The van der Waals surface area contributed by atoms with Crippen molar-refractivity contribution in [1.82, 2.24) is 15.5 Å². The van der Waals surface area contributed by atoms with Crippen LogP contribution in [-0.2, 0) is 6.54 Å². The van der Waals surface area contributed by atoms with Gasteiger partial charge in [-0.1, -0.05) is 6.92 Å². The maximum absolute atomic E-state index is 5.21. The summed E-state index contributed by atoms with van der Waals surface area (Å²) in [6.45, 7) is 4.74. The van der Waals surface area contributed by atoms with Gasteiger partial charge in [-0.05, 0) is 12.3 Å². The van der Waals surface area contributed by atoms with Crippen molar-refractivity contribution < 1.29 is 4.42 Å². The molecule has 0 saturated heterocycles. The molecule has 0 aromatic carbocycles. The minimum Gasteiger partial charge on any atom is -0.424 e. The minimum absolute atomic E-state index is 0.635. The molecule has 0 bridgehead atoms. The molecule has 1 aliphatic carbocycles. The van der Waals surface area contributed by atoms with Crippen molar-refractivity contribution in [3.05, 3.63) is 11.8 Å². The van der Waals surface area contributed by atoms with Crippen LogP contribution in [0.2, 0.25) is 0 Å². The molecule has 0 aliphatic heterocycles. The molecule has 1 N–H and O–H groups in total. The highest BCUT2D eigenvalue weighted by atomic mass is 16.4. The van der Waals surface area contributed by atoms with Gasteiger partial charge in [0.25, 0.3) is 0 Å². The number of nitrogens with zero attached hydrogens (tertiary/aromatic N) is 2. The van der Waals surface area contributed by atoms with Crippen LogP contribution >= 0.6 is 0 Å². The molecule has 66 valence electrons. The SMILES string of the molecule is Cc1nnc(CNC2CC2C)o1. The molecular weight excluding hydrogens is 154 g/mol. The van der Waals surface area contributed by atoms with Gasteiger partial charge in [0.2, 0.25) is 11.8 Å². The molecule has 0 spiro atoms. The highest BCUT2D eigenvalue weighted by Gasteiger charge is 2.31. The van der Waals surface area contributed by atoms with Crippen LogP contribution in [0.3, 0.4) is 0 Å². The molecule has 0 amide bonds. The first-order chi connectivity index (χ1) is 5.75. The van der Waals surface area contributed by atoms with Crippen molar-refractivity contribution in [3.63, 3.8) is 0 Å². The Morgan fingerprint density at radius 1 is 1.58 bits per heavy atom. The van der Waals surface area contributed by atoms with Gasteiger partial charge in [0.05, 0.1) is 6.54 Å². The summed E-state index contributed by atoms with van der Waals surface area (Å²) in [5.41, 5.74) is 0. The smallest absolute Gasteiger partial charge is 0.230 e. The Hall–Kier alpha value is -0.900. The summed E-state index contributed by atoms with van der Waals surface area (Å²) in [4.78, 5) is 0. The molecule has 1 heterocycles. The summed E-state index contributed by atoms with van der Waals surface area (Å²) in [5, 5.41) is 11.0. The van der Waals surface area contributed by atoms with E-state index in [1.165, 1.54) is 6.42 Å². The Morgan fingerprint density at radius 2 is 2.33 bits per heavy atom. The average molecular weight is 167 g/mol. The highest BCUT2D eigenvalue weighted by Crippen LogP contribution is 2.29. The first kappa shape index (κ1) is 7.73. The molecular formula is C8H13N3O. The summed E-state index contributed by atoms with van der Waals surface area (Å²) in [6.07, 6.45) is 1.27. The van der Waals surface area contributed by atoms with Crippen LogP contribution in [0.15, 0.2) is 4.42 Å². The summed E-state index contributed by atoms with van der Waals surface area (Å²) >= 11 is 0. The molecule has 4 heteroatoms. The highest BCUT2D eigenvalue weighted by molar-refractivity contribution is 4.91. The Labute approximate surface area is 71.4 Å². The molecule has 1 aromatic heterocycles. The predicted octanol–water partition coefficient (Wildman–Crippen LogP) is 0.876. The predicted molar refractivity (Wildman–Crippen MR) is 43.4 cm³/mol. The summed E-state index contributed by atoms with van der Waals surface area (Å²) in [7, 11) is 0. The Kier molecular flexibility index (Phi) is 1.84. The van der Waals surface area contributed by atoms with Crippen LogP contribution in [-0.4, -0.2) is 16.2 Å². The number of aryl methyl sites for hydroxylation is 1. The second kappa shape index (κ2) is 2.86. The van der Waals surface area contributed by atoms with Gasteiger partial charge >= 0.3 is 0 Å². The van der Waals surface area contributed by atoms with E-state index in [1.807, 2.05) is 0 Å². The van der Waals surface area contributed by atoms with Crippen molar-refractivity contribution in [2.75, 3.05) is 0 Å². The van der Waals surface area contributed by atoms with Crippen molar-refractivity contribution in [2.45, 2.75) is 32.9 Å². The van der Waals surface area contributed by atoms with Crippen LogP contribution < -0.4 is 5.32 Å². The first-order valence-electron chi connectivity index (χ1n) is 4.28. The van der Waals surface area contributed by atoms with Crippen LogP contribution in [0.25, 0.3) is 0 Å². The van der Waals surface area contributed by atoms with E-state index in [1.54, 1.807) is 6.92 Å². The molecule has 1 aliphatic rings. The van der Waals surface area contributed by atoms with Crippen molar-refractivity contribution in [2.24, 2.45) is 5.92 Å². The van der Waals surface area contributed by atoms with E-state index in [2.05, 4.69) is 22.4 Å². The average Bonchev–Trinajstić information content (AvgIpc) is 2.56. The Morgan fingerprint density at radius 3 is 2.83 bits per heavy atom. The Balaban J connectivity index is 1.80. The van der Waals surface area contributed by atoms with Gasteiger partial charge in [-0.3, -0.25) is 0 Å². The molecule has 1 saturated carbocycles. The van der Waals surface area contributed by atoms with Crippen LogP contribution in [0, 0.1) is 12.8 Å². The molecule has 2 unspecified atom stereocenters. The van der Waals surface area contributed by atoms with E-state index in [0.29, 0.717) is 24.4 Å². The van der Waals surface area contributed by atoms with Crippen molar-refractivity contribution >= 4 is 0 Å². The standard InChI is InChI=1S/C8H13N3O/c1-5-3-7(5)9-4-8-11-10-6(2)12-8/h5,7,9H,3-4H2,1-2H3. The largest absolute Gasteiger partial charge is 0.424 e. The molecule has 2 rings (SSSR count). The van der Waals surface area contributed by atoms with E-state index in [9.17, 15) is 0 Å². The lowest BCUT2D eigenvalue weighted by atomic mass is 10.5. The third kappa shape index (κ3) is 1.64. The molecule has 2 atom stereocenters.